The van der Waals surface area contributed by atoms with E-state index in [4.69, 9.17) is 4.74 Å². The third-order valence-electron chi connectivity index (χ3n) is 3.50. The van der Waals surface area contributed by atoms with Crippen LogP contribution in [0.2, 0.25) is 0 Å². The fourth-order valence-electron chi connectivity index (χ4n) is 2.31. The molecule has 1 saturated heterocycles. The molecule has 0 spiro atoms. The molecule has 2 amide bonds. The summed E-state index contributed by atoms with van der Waals surface area (Å²) in [4.78, 5) is 23.7. The number of nitrogens with one attached hydrogen (secondary N) is 1. The highest BCUT2D eigenvalue weighted by Crippen LogP contribution is 2.25. The molecule has 0 saturated carbocycles. The first-order valence-corrected chi connectivity index (χ1v) is 9.48. The summed E-state index contributed by atoms with van der Waals surface area (Å²) in [7, 11) is -3.58. The molecule has 24 heavy (non-hydrogen) atoms. The summed E-state index contributed by atoms with van der Waals surface area (Å²) in [5.74, 6) is -0.869. The van der Waals surface area contributed by atoms with Crippen molar-refractivity contribution in [2.75, 3.05) is 23.2 Å². The summed E-state index contributed by atoms with van der Waals surface area (Å²) < 4.78 is 29.9. The lowest BCUT2D eigenvalue weighted by atomic mass is 10.2. The molecule has 7 nitrogen and oxygen atoms in total. The van der Waals surface area contributed by atoms with E-state index in [1.165, 1.54) is 24.3 Å². The first-order chi connectivity index (χ1) is 11.3. The molecule has 1 aromatic rings. The lowest BCUT2D eigenvalue weighted by Gasteiger charge is -2.15. The Morgan fingerprint density at radius 3 is 2.50 bits per heavy atom. The van der Waals surface area contributed by atoms with Crippen LogP contribution in [0.25, 0.3) is 0 Å². The second-order valence-corrected chi connectivity index (χ2v) is 7.74. The van der Waals surface area contributed by atoms with Gasteiger partial charge in [-0.1, -0.05) is 0 Å². The number of hydrogen-bond acceptors (Lipinski definition) is 5. The maximum Gasteiger partial charge on any atom is 0.251 e. The van der Waals surface area contributed by atoms with E-state index in [2.05, 4.69) is 5.32 Å². The third-order valence-corrected chi connectivity index (χ3v) is 5.19. The lowest BCUT2D eigenvalue weighted by Crippen LogP contribution is -2.29. The molecule has 2 rings (SSSR count). The Hall–Kier alpha value is -1.93. The smallest absolute Gasteiger partial charge is 0.251 e. The number of rotatable bonds is 7. The number of nitrogens with zero attached hydrogens (tertiary/aromatic N) is 1. The van der Waals surface area contributed by atoms with Crippen LogP contribution in [0.4, 0.5) is 5.69 Å². The summed E-state index contributed by atoms with van der Waals surface area (Å²) in [6.07, 6.45) is 0.865. The quantitative estimate of drug-likeness (QED) is 0.745. The molecule has 0 bridgehead atoms. The van der Waals surface area contributed by atoms with Crippen LogP contribution < -0.4 is 9.62 Å². The second-order valence-electron chi connectivity index (χ2n) is 5.80. The topological polar surface area (TPSA) is 92.8 Å². The zero-order chi connectivity index (χ0) is 17.7. The van der Waals surface area contributed by atoms with E-state index in [-0.39, 0.29) is 29.9 Å². The van der Waals surface area contributed by atoms with Gasteiger partial charge in [0.2, 0.25) is 15.9 Å². The molecule has 1 N–H and O–H groups in total. The van der Waals surface area contributed by atoms with Crippen molar-refractivity contribution in [1.29, 1.82) is 0 Å². The Morgan fingerprint density at radius 1 is 1.29 bits per heavy atom. The highest BCUT2D eigenvalue weighted by molar-refractivity contribution is 7.94. The third kappa shape index (κ3) is 4.55. The van der Waals surface area contributed by atoms with Crippen LogP contribution in [-0.2, 0) is 19.6 Å². The van der Waals surface area contributed by atoms with E-state index in [1.807, 2.05) is 13.8 Å². The second kappa shape index (κ2) is 7.76. The highest BCUT2D eigenvalue weighted by atomic mass is 32.2. The Balaban J connectivity index is 1.92. The molecule has 0 aromatic heterocycles. The summed E-state index contributed by atoms with van der Waals surface area (Å²) in [5.41, 5.74) is 0.673. The van der Waals surface area contributed by atoms with Crippen LogP contribution in [-0.4, -0.2) is 45.2 Å². The molecular weight excluding hydrogens is 332 g/mol. The maximum atomic E-state index is 12.0. The summed E-state index contributed by atoms with van der Waals surface area (Å²) in [6.45, 7) is 4.97. The number of carbonyl (C=O) groups is 2. The fourth-order valence-corrected chi connectivity index (χ4v) is 3.77. The normalized spacial score (nSPS) is 16.6. The maximum absolute atomic E-state index is 12.0. The monoisotopic (exact) mass is 354 g/mol. The van der Waals surface area contributed by atoms with Crippen LogP contribution >= 0.6 is 0 Å². The van der Waals surface area contributed by atoms with Gasteiger partial charge >= 0.3 is 0 Å². The Labute approximate surface area is 142 Å². The van der Waals surface area contributed by atoms with Crippen LogP contribution in [0.1, 0.15) is 37.0 Å². The molecule has 8 heteroatoms. The predicted molar refractivity (Wildman–Crippen MR) is 90.4 cm³/mol. The van der Waals surface area contributed by atoms with E-state index >= 15 is 0 Å². The molecule has 1 aromatic carbocycles. The molecule has 0 atom stereocenters. The van der Waals surface area contributed by atoms with Crippen molar-refractivity contribution in [2.24, 2.45) is 0 Å². The van der Waals surface area contributed by atoms with Gasteiger partial charge in [0.15, 0.2) is 0 Å². The van der Waals surface area contributed by atoms with Crippen LogP contribution in [0.5, 0.6) is 0 Å². The summed E-state index contributed by atoms with van der Waals surface area (Å²) >= 11 is 0. The molecule has 1 heterocycles. The largest absolute Gasteiger partial charge is 0.379 e. The van der Waals surface area contributed by atoms with Gasteiger partial charge in [-0.15, -0.1) is 0 Å². The zero-order valence-electron chi connectivity index (χ0n) is 13.8. The van der Waals surface area contributed by atoms with Crippen molar-refractivity contribution in [1.82, 2.24) is 5.32 Å². The van der Waals surface area contributed by atoms with E-state index in [0.29, 0.717) is 25.1 Å². The van der Waals surface area contributed by atoms with Crippen molar-refractivity contribution in [3.63, 3.8) is 0 Å². The summed E-state index contributed by atoms with van der Waals surface area (Å²) in [5, 5.41) is 2.77. The van der Waals surface area contributed by atoms with Crippen molar-refractivity contribution in [2.45, 2.75) is 32.8 Å². The van der Waals surface area contributed by atoms with Crippen molar-refractivity contribution < 1.29 is 22.7 Å². The Bertz CT molecular complexity index is 698. The Morgan fingerprint density at radius 2 is 1.96 bits per heavy atom. The van der Waals surface area contributed by atoms with Gasteiger partial charge in [-0.2, -0.15) is 0 Å². The molecule has 0 unspecified atom stereocenters. The number of amides is 2. The minimum atomic E-state index is -3.58. The SMILES string of the molecule is CC(C)OCCCNC(=O)c1ccc(N2C(=O)CCS2(=O)=O)cc1. The van der Waals surface area contributed by atoms with Crippen molar-refractivity contribution >= 4 is 27.5 Å². The van der Waals surface area contributed by atoms with Gasteiger partial charge in [-0.25, -0.2) is 12.7 Å². The van der Waals surface area contributed by atoms with E-state index in [9.17, 15) is 18.0 Å². The van der Waals surface area contributed by atoms with E-state index in [0.717, 1.165) is 4.31 Å². The van der Waals surface area contributed by atoms with Crippen molar-refractivity contribution in [3.8, 4) is 0 Å². The van der Waals surface area contributed by atoms with Gasteiger partial charge in [-0.05, 0) is 44.5 Å². The number of hydrogen-bond donors (Lipinski definition) is 1. The number of sulfonamides is 1. The van der Waals surface area contributed by atoms with Gasteiger partial charge in [0.05, 0.1) is 17.5 Å². The average Bonchev–Trinajstić information content (AvgIpc) is 2.80. The number of carbonyl (C=O) groups excluding carboxylic acids is 2. The molecule has 132 valence electrons. The number of benzene rings is 1. The van der Waals surface area contributed by atoms with Gasteiger partial charge in [0, 0.05) is 25.1 Å². The van der Waals surface area contributed by atoms with Crippen LogP contribution in [0, 0.1) is 0 Å². The van der Waals surface area contributed by atoms with E-state index in [1.54, 1.807) is 0 Å². The highest BCUT2D eigenvalue weighted by Gasteiger charge is 2.36. The molecule has 1 aliphatic rings. The average molecular weight is 354 g/mol. The number of anilines is 1. The molecule has 1 fully saturated rings. The molecule has 1 aliphatic heterocycles. The standard InChI is InChI=1S/C16H22N2O5S/c1-12(2)23-10-3-9-17-16(20)13-4-6-14(7-5-13)18-15(19)8-11-24(18,21)22/h4-7,12H,3,8-11H2,1-2H3,(H,17,20). The first-order valence-electron chi connectivity index (χ1n) is 7.87. The van der Waals surface area contributed by atoms with E-state index < -0.39 is 15.9 Å². The van der Waals surface area contributed by atoms with Gasteiger partial charge < -0.3 is 10.1 Å². The molecular formula is C16H22N2O5S. The van der Waals surface area contributed by atoms with Gasteiger partial charge in [0.1, 0.15) is 0 Å². The van der Waals surface area contributed by atoms with Gasteiger partial charge in [-0.3, -0.25) is 9.59 Å². The minimum Gasteiger partial charge on any atom is -0.379 e. The molecule has 0 radical (unpaired) electrons. The van der Waals surface area contributed by atoms with Crippen LogP contribution in [0.3, 0.4) is 0 Å². The predicted octanol–water partition coefficient (Wildman–Crippen LogP) is 1.30. The minimum absolute atomic E-state index is 0.0109. The zero-order valence-corrected chi connectivity index (χ0v) is 14.6. The van der Waals surface area contributed by atoms with Crippen LogP contribution in [0.15, 0.2) is 24.3 Å². The van der Waals surface area contributed by atoms with Gasteiger partial charge in [0.25, 0.3) is 5.91 Å². The number of ether oxygens (including phenoxy) is 1. The fraction of sp³-hybridized carbons (Fsp3) is 0.500. The molecule has 0 aliphatic carbocycles. The first kappa shape index (κ1) is 18.4. The van der Waals surface area contributed by atoms with Crippen molar-refractivity contribution in [3.05, 3.63) is 29.8 Å². The summed E-state index contributed by atoms with van der Waals surface area (Å²) in [6, 6.07) is 5.96. The lowest BCUT2D eigenvalue weighted by molar-refractivity contribution is -0.116. The Kier molecular flexibility index (Phi) is 5.95.